The molecular formula is C17H17ClN2O2. The zero-order valence-corrected chi connectivity index (χ0v) is 12.8. The Morgan fingerprint density at radius 2 is 1.91 bits per heavy atom. The molecule has 0 bridgehead atoms. The number of hydrogen-bond donors (Lipinski definition) is 1. The van der Waals surface area contributed by atoms with Gasteiger partial charge in [0, 0.05) is 23.9 Å². The second-order valence-corrected chi connectivity index (χ2v) is 5.65. The highest BCUT2D eigenvalue weighted by atomic mass is 35.5. The predicted molar refractivity (Wildman–Crippen MR) is 87.6 cm³/mol. The van der Waals surface area contributed by atoms with Crippen LogP contribution in [-0.4, -0.2) is 35.7 Å². The number of para-hydroxylation sites is 1. The second-order valence-electron chi connectivity index (χ2n) is 5.21. The third-order valence-electron chi connectivity index (χ3n) is 3.73. The normalized spacial score (nSPS) is 14.2. The summed E-state index contributed by atoms with van der Waals surface area (Å²) in [5.41, 5.74) is 2.48. The third kappa shape index (κ3) is 2.80. The van der Waals surface area contributed by atoms with Gasteiger partial charge in [-0.15, -0.1) is 0 Å². The number of halogens is 1. The first-order valence-corrected chi connectivity index (χ1v) is 7.61. The number of nitrogens with zero attached hydrogens (tertiary/aromatic N) is 2. The fourth-order valence-electron chi connectivity index (χ4n) is 2.66. The molecule has 3 rings (SSSR count). The van der Waals surface area contributed by atoms with E-state index in [2.05, 4.69) is 4.90 Å². The maximum Gasteiger partial charge on any atom is 0.257 e. The SMILES string of the molecule is O=C1c2cc(Cl)ccc2N(c2ccccc2)CN1CCCO. The fourth-order valence-corrected chi connectivity index (χ4v) is 2.83. The highest BCUT2D eigenvalue weighted by Crippen LogP contribution is 2.34. The van der Waals surface area contributed by atoms with Crippen molar-refractivity contribution < 1.29 is 9.90 Å². The minimum Gasteiger partial charge on any atom is -0.396 e. The lowest BCUT2D eigenvalue weighted by Gasteiger charge is -2.38. The lowest BCUT2D eigenvalue weighted by molar-refractivity contribution is 0.0736. The Balaban J connectivity index is 2.03. The molecule has 0 atom stereocenters. The van der Waals surface area contributed by atoms with Gasteiger partial charge in [0.15, 0.2) is 0 Å². The van der Waals surface area contributed by atoms with Gasteiger partial charge in [-0.3, -0.25) is 4.79 Å². The molecule has 5 heteroatoms. The second kappa shape index (κ2) is 6.38. The lowest BCUT2D eigenvalue weighted by atomic mass is 10.1. The van der Waals surface area contributed by atoms with Crippen LogP contribution in [0.4, 0.5) is 11.4 Å². The van der Waals surface area contributed by atoms with E-state index in [0.717, 1.165) is 11.4 Å². The van der Waals surface area contributed by atoms with Gasteiger partial charge in [0.05, 0.1) is 17.9 Å². The molecule has 22 heavy (non-hydrogen) atoms. The minimum absolute atomic E-state index is 0.0434. The lowest BCUT2D eigenvalue weighted by Crippen LogP contribution is -2.45. The summed E-state index contributed by atoms with van der Waals surface area (Å²) in [7, 11) is 0. The largest absolute Gasteiger partial charge is 0.396 e. The molecule has 1 aliphatic rings. The van der Waals surface area contributed by atoms with Gasteiger partial charge in [0.1, 0.15) is 0 Å². The summed E-state index contributed by atoms with van der Waals surface area (Å²) in [6.07, 6.45) is 0.560. The smallest absolute Gasteiger partial charge is 0.257 e. The van der Waals surface area contributed by atoms with Crippen molar-refractivity contribution in [2.75, 3.05) is 24.7 Å². The van der Waals surface area contributed by atoms with Gasteiger partial charge in [-0.25, -0.2) is 0 Å². The summed E-state index contributed by atoms with van der Waals surface area (Å²) in [5.74, 6) is -0.0434. The standard InChI is InChI=1S/C17H17ClN2O2/c18-13-7-8-16-15(11-13)17(22)19(9-4-10-21)12-20(16)14-5-2-1-3-6-14/h1-3,5-8,11,21H,4,9-10,12H2. The summed E-state index contributed by atoms with van der Waals surface area (Å²) < 4.78 is 0. The Labute approximate surface area is 134 Å². The van der Waals surface area contributed by atoms with E-state index in [4.69, 9.17) is 16.7 Å². The Hall–Kier alpha value is -2.04. The van der Waals surface area contributed by atoms with E-state index >= 15 is 0 Å². The van der Waals surface area contributed by atoms with E-state index in [-0.39, 0.29) is 12.5 Å². The van der Waals surface area contributed by atoms with E-state index in [9.17, 15) is 4.79 Å². The monoisotopic (exact) mass is 316 g/mol. The van der Waals surface area contributed by atoms with Crippen molar-refractivity contribution in [3.05, 3.63) is 59.1 Å². The van der Waals surface area contributed by atoms with E-state index in [1.807, 2.05) is 36.4 Å². The Kier molecular flexibility index (Phi) is 4.32. The molecular weight excluding hydrogens is 300 g/mol. The first-order valence-electron chi connectivity index (χ1n) is 7.23. The summed E-state index contributed by atoms with van der Waals surface area (Å²) in [4.78, 5) is 16.4. The van der Waals surface area contributed by atoms with Crippen molar-refractivity contribution in [1.82, 2.24) is 4.90 Å². The zero-order chi connectivity index (χ0) is 15.5. The summed E-state index contributed by atoms with van der Waals surface area (Å²) in [5, 5.41) is 9.58. The minimum atomic E-state index is -0.0434. The molecule has 114 valence electrons. The van der Waals surface area contributed by atoms with Crippen LogP contribution in [0.2, 0.25) is 5.02 Å². The Morgan fingerprint density at radius 3 is 2.64 bits per heavy atom. The van der Waals surface area contributed by atoms with Gasteiger partial charge in [0.25, 0.3) is 5.91 Å². The van der Waals surface area contributed by atoms with Crippen LogP contribution < -0.4 is 4.90 Å². The number of anilines is 2. The third-order valence-corrected chi connectivity index (χ3v) is 3.97. The molecule has 0 unspecified atom stereocenters. The molecule has 0 saturated carbocycles. The number of amides is 1. The Bertz CT molecular complexity index is 676. The number of carbonyl (C=O) groups excluding carboxylic acids is 1. The van der Waals surface area contributed by atoms with Gasteiger partial charge < -0.3 is 14.9 Å². The first kappa shape index (κ1) is 14.9. The topological polar surface area (TPSA) is 43.8 Å². The van der Waals surface area contributed by atoms with Crippen molar-refractivity contribution in [2.45, 2.75) is 6.42 Å². The van der Waals surface area contributed by atoms with Crippen molar-refractivity contribution in [3.63, 3.8) is 0 Å². The molecule has 2 aromatic carbocycles. The molecule has 1 aliphatic heterocycles. The summed E-state index contributed by atoms with van der Waals surface area (Å²) in [6, 6.07) is 15.3. The van der Waals surface area contributed by atoms with Gasteiger partial charge >= 0.3 is 0 Å². The average molecular weight is 317 g/mol. The molecule has 0 aromatic heterocycles. The molecule has 0 spiro atoms. The number of hydrogen-bond acceptors (Lipinski definition) is 3. The molecule has 1 N–H and O–H groups in total. The molecule has 1 heterocycles. The maximum absolute atomic E-state index is 12.6. The molecule has 4 nitrogen and oxygen atoms in total. The first-order chi connectivity index (χ1) is 10.7. The molecule has 0 fully saturated rings. The van der Waals surface area contributed by atoms with E-state index in [1.165, 1.54) is 0 Å². The van der Waals surface area contributed by atoms with Crippen LogP contribution in [0, 0.1) is 0 Å². The highest BCUT2D eigenvalue weighted by molar-refractivity contribution is 6.31. The maximum atomic E-state index is 12.6. The molecule has 0 aliphatic carbocycles. The molecule has 1 amide bonds. The fraction of sp³-hybridized carbons (Fsp3) is 0.235. The van der Waals surface area contributed by atoms with Crippen molar-refractivity contribution >= 4 is 28.9 Å². The predicted octanol–water partition coefficient (Wildman–Crippen LogP) is 3.27. The van der Waals surface area contributed by atoms with Crippen LogP contribution in [0.5, 0.6) is 0 Å². The number of carbonyl (C=O) groups is 1. The molecule has 0 radical (unpaired) electrons. The van der Waals surface area contributed by atoms with Crippen LogP contribution in [0.1, 0.15) is 16.8 Å². The van der Waals surface area contributed by atoms with Crippen LogP contribution in [-0.2, 0) is 0 Å². The Morgan fingerprint density at radius 1 is 1.14 bits per heavy atom. The van der Waals surface area contributed by atoms with Crippen LogP contribution in [0.25, 0.3) is 0 Å². The van der Waals surface area contributed by atoms with Crippen molar-refractivity contribution in [2.24, 2.45) is 0 Å². The molecule has 0 saturated heterocycles. The van der Waals surface area contributed by atoms with Gasteiger partial charge in [-0.1, -0.05) is 29.8 Å². The van der Waals surface area contributed by atoms with Gasteiger partial charge in [-0.2, -0.15) is 0 Å². The molecule has 2 aromatic rings. The number of aliphatic hydroxyl groups is 1. The van der Waals surface area contributed by atoms with E-state index < -0.39 is 0 Å². The van der Waals surface area contributed by atoms with Gasteiger partial charge in [-0.05, 0) is 36.8 Å². The van der Waals surface area contributed by atoms with Crippen molar-refractivity contribution in [3.8, 4) is 0 Å². The summed E-state index contributed by atoms with van der Waals surface area (Å²) in [6.45, 7) is 1.06. The average Bonchev–Trinajstić information content (AvgIpc) is 2.55. The van der Waals surface area contributed by atoms with Crippen LogP contribution in [0.15, 0.2) is 48.5 Å². The highest BCUT2D eigenvalue weighted by Gasteiger charge is 2.29. The zero-order valence-electron chi connectivity index (χ0n) is 12.1. The summed E-state index contributed by atoms with van der Waals surface area (Å²) >= 11 is 6.06. The number of rotatable bonds is 4. The van der Waals surface area contributed by atoms with Gasteiger partial charge in [0.2, 0.25) is 0 Å². The van der Waals surface area contributed by atoms with Crippen molar-refractivity contribution in [1.29, 1.82) is 0 Å². The van der Waals surface area contributed by atoms with Crippen LogP contribution >= 0.6 is 11.6 Å². The number of benzene rings is 2. The van der Waals surface area contributed by atoms with Crippen LogP contribution in [0.3, 0.4) is 0 Å². The number of aliphatic hydroxyl groups excluding tert-OH is 1. The van der Waals surface area contributed by atoms with E-state index in [0.29, 0.717) is 30.2 Å². The number of fused-ring (bicyclic) bond motifs is 1. The van der Waals surface area contributed by atoms with E-state index in [1.54, 1.807) is 17.0 Å². The quantitative estimate of drug-likeness (QED) is 0.941.